The predicted molar refractivity (Wildman–Crippen MR) is 192 cm³/mol. The smallest absolute Gasteiger partial charge is 0.144 e. The van der Waals surface area contributed by atoms with Gasteiger partial charge in [0.25, 0.3) is 0 Å². The monoisotopic (exact) mass is 593 g/mol. The fourth-order valence-electron chi connectivity index (χ4n) is 6.55. The van der Waals surface area contributed by atoms with Gasteiger partial charge in [-0.25, -0.2) is 0 Å². The lowest BCUT2D eigenvalue weighted by Crippen LogP contribution is -2.10. The Morgan fingerprint density at radius 3 is 1.60 bits per heavy atom. The quantitative estimate of drug-likeness (QED) is 0.197. The summed E-state index contributed by atoms with van der Waals surface area (Å²) in [4.78, 5) is 2.39. The summed E-state index contributed by atoms with van der Waals surface area (Å²) in [5.74, 6) is 0. The highest BCUT2D eigenvalue weighted by Gasteiger charge is 2.21. The van der Waals surface area contributed by atoms with E-state index in [2.05, 4.69) is 163 Å². The Labute approximate surface area is 265 Å². The molecule has 7 aromatic carbocycles. The van der Waals surface area contributed by atoms with Crippen molar-refractivity contribution in [1.29, 1.82) is 0 Å². The molecule has 2 aromatic heterocycles. The maximum absolute atomic E-state index is 6.60. The highest BCUT2D eigenvalue weighted by atomic mass is 32.1. The minimum atomic E-state index is 0.918. The Hall–Kier alpha value is -5.64. The minimum absolute atomic E-state index is 0.918. The largest absolute Gasteiger partial charge is 0.455 e. The fourth-order valence-corrected chi connectivity index (χ4v) is 7.67. The number of furan rings is 1. The summed E-state index contributed by atoms with van der Waals surface area (Å²) in [6.45, 7) is 0. The molecule has 0 spiro atoms. The molecular weight excluding hydrogens is 567 g/mol. The van der Waals surface area contributed by atoms with Crippen LogP contribution >= 0.6 is 11.3 Å². The summed E-state index contributed by atoms with van der Waals surface area (Å²) in [5, 5.41) is 4.68. The zero-order valence-electron chi connectivity index (χ0n) is 24.4. The Balaban J connectivity index is 1.28. The van der Waals surface area contributed by atoms with E-state index in [1.807, 2.05) is 17.4 Å². The third-order valence-corrected chi connectivity index (χ3v) is 9.81. The van der Waals surface area contributed by atoms with Crippen molar-refractivity contribution in [3.8, 4) is 22.3 Å². The molecule has 0 N–H and O–H groups in total. The van der Waals surface area contributed by atoms with E-state index < -0.39 is 0 Å². The third kappa shape index (κ3) is 4.32. The highest BCUT2D eigenvalue weighted by Crippen LogP contribution is 2.48. The lowest BCUT2D eigenvalue weighted by molar-refractivity contribution is 0.673. The molecule has 3 heteroatoms. The van der Waals surface area contributed by atoms with E-state index >= 15 is 0 Å². The van der Waals surface area contributed by atoms with Gasteiger partial charge in [0.15, 0.2) is 0 Å². The lowest BCUT2D eigenvalue weighted by Gasteiger charge is -2.27. The first-order valence-corrected chi connectivity index (χ1v) is 16.0. The first-order chi connectivity index (χ1) is 22.3. The van der Waals surface area contributed by atoms with Crippen molar-refractivity contribution >= 4 is 70.5 Å². The van der Waals surface area contributed by atoms with Crippen LogP contribution in [0, 0.1) is 0 Å². The van der Waals surface area contributed by atoms with Crippen LogP contribution in [0.2, 0.25) is 0 Å². The zero-order valence-corrected chi connectivity index (χ0v) is 25.2. The molecule has 0 saturated carbocycles. The van der Waals surface area contributed by atoms with E-state index in [1.165, 1.54) is 42.4 Å². The number of anilines is 3. The standard InChI is InChI=1S/C42H27NOS/c1-3-10-28(11-4-1)30-18-22-32(23-19-30)43(33-24-20-31(21-25-33)29-12-5-2-6-13-29)36-15-9-17-38-40(36)41-39(45-38)27-26-35-34-14-7-8-16-37(34)44-42(35)41/h1-27H. The molecule has 212 valence electrons. The Bertz CT molecular complexity index is 2370. The van der Waals surface area contributed by atoms with E-state index in [0.717, 1.165) is 39.0 Å². The molecule has 0 fully saturated rings. The van der Waals surface area contributed by atoms with Gasteiger partial charge in [0.05, 0.1) is 5.69 Å². The molecule has 0 bridgehead atoms. The van der Waals surface area contributed by atoms with Crippen molar-refractivity contribution in [2.45, 2.75) is 0 Å². The van der Waals surface area contributed by atoms with Gasteiger partial charge < -0.3 is 9.32 Å². The summed E-state index contributed by atoms with van der Waals surface area (Å²) in [6.07, 6.45) is 0. The van der Waals surface area contributed by atoms with E-state index in [1.54, 1.807) is 0 Å². The molecular formula is C42H27NOS. The number of hydrogen-bond donors (Lipinski definition) is 0. The van der Waals surface area contributed by atoms with Crippen LogP contribution in [-0.4, -0.2) is 0 Å². The number of fused-ring (bicyclic) bond motifs is 7. The SMILES string of the molecule is c1ccc(-c2ccc(N(c3ccc(-c4ccccc4)cc3)c3cccc4sc5ccc6c7ccccc7oc6c5c34)cc2)cc1. The minimum Gasteiger partial charge on any atom is -0.455 e. The average molecular weight is 594 g/mol. The second kappa shape index (κ2) is 10.5. The van der Waals surface area contributed by atoms with Gasteiger partial charge in [0.2, 0.25) is 0 Å². The molecule has 0 saturated heterocycles. The van der Waals surface area contributed by atoms with Gasteiger partial charge in [0.1, 0.15) is 11.2 Å². The molecule has 0 amide bonds. The van der Waals surface area contributed by atoms with Gasteiger partial charge in [-0.1, -0.05) is 109 Å². The van der Waals surface area contributed by atoms with Crippen molar-refractivity contribution in [3.05, 3.63) is 164 Å². The molecule has 45 heavy (non-hydrogen) atoms. The van der Waals surface area contributed by atoms with E-state index in [-0.39, 0.29) is 0 Å². The van der Waals surface area contributed by atoms with Crippen LogP contribution in [-0.2, 0) is 0 Å². The maximum atomic E-state index is 6.60. The van der Waals surface area contributed by atoms with Gasteiger partial charge >= 0.3 is 0 Å². The van der Waals surface area contributed by atoms with Crippen LogP contribution < -0.4 is 4.90 Å². The van der Waals surface area contributed by atoms with E-state index in [0.29, 0.717) is 0 Å². The number of nitrogens with zero attached hydrogens (tertiary/aromatic N) is 1. The topological polar surface area (TPSA) is 16.4 Å². The Kier molecular flexibility index (Phi) is 6.03. The molecule has 0 unspecified atom stereocenters. The van der Waals surface area contributed by atoms with Crippen molar-refractivity contribution in [3.63, 3.8) is 0 Å². The summed E-state index contributed by atoms with van der Waals surface area (Å²) < 4.78 is 9.06. The molecule has 0 atom stereocenters. The van der Waals surface area contributed by atoms with Crippen molar-refractivity contribution in [2.75, 3.05) is 4.90 Å². The van der Waals surface area contributed by atoms with Gasteiger partial charge in [-0.15, -0.1) is 11.3 Å². The van der Waals surface area contributed by atoms with E-state index in [9.17, 15) is 0 Å². The van der Waals surface area contributed by atoms with Gasteiger partial charge in [-0.3, -0.25) is 0 Å². The van der Waals surface area contributed by atoms with E-state index in [4.69, 9.17) is 4.42 Å². The lowest BCUT2D eigenvalue weighted by atomic mass is 10.0. The van der Waals surface area contributed by atoms with Gasteiger partial charge in [-0.05, 0) is 76.9 Å². The second-order valence-electron chi connectivity index (χ2n) is 11.3. The number of thiophene rings is 1. The molecule has 0 aliphatic carbocycles. The van der Waals surface area contributed by atoms with Crippen molar-refractivity contribution in [2.24, 2.45) is 0 Å². The number of para-hydroxylation sites is 1. The predicted octanol–water partition coefficient (Wildman–Crippen LogP) is 12.8. The highest BCUT2D eigenvalue weighted by molar-refractivity contribution is 7.26. The summed E-state index contributed by atoms with van der Waals surface area (Å²) in [7, 11) is 0. The summed E-state index contributed by atoms with van der Waals surface area (Å²) in [6, 6.07) is 58.4. The number of hydrogen-bond acceptors (Lipinski definition) is 3. The van der Waals surface area contributed by atoms with Gasteiger partial charge in [-0.2, -0.15) is 0 Å². The Morgan fingerprint density at radius 1 is 0.400 bits per heavy atom. The van der Waals surface area contributed by atoms with Crippen LogP contribution in [0.3, 0.4) is 0 Å². The van der Waals surface area contributed by atoms with Crippen LogP contribution in [0.25, 0.3) is 64.4 Å². The molecule has 0 radical (unpaired) electrons. The zero-order chi connectivity index (χ0) is 29.7. The van der Waals surface area contributed by atoms with Crippen LogP contribution in [0.4, 0.5) is 17.1 Å². The van der Waals surface area contributed by atoms with Crippen molar-refractivity contribution in [1.82, 2.24) is 0 Å². The maximum Gasteiger partial charge on any atom is 0.144 e. The normalized spacial score (nSPS) is 11.6. The summed E-state index contributed by atoms with van der Waals surface area (Å²) >= 11 is 1.82. The molecule has 2 nitrogen and oxygen atoms in total. The molecule has 0 aliphatic rings. The Morgan fingerprint density at radius 2 is 0.956 bits per heavy atom. The number of benzene rings is 7. The fraction of sp³-hybridized carbons (Fsp3) is 0. The first kappa shape index (κ1) is 25.8. The van der Waals surface area contributed by atoms with Crippen LogP contribution in [0.5, 0.6) is 0 Å². The van der Waals surface area contributed by atoms with Crippen molar-refractivity contribution < 1.29 is 4.42 Å². The third-order valence-electron chi connectivity index (χ3n) is 8.69. The van der Waals surface area contributed by atoms with Crippen LogP contribution in [0.15, 0.2) is 168 Å². The molecule has 9 rings (SSSR count). The first-order valence-electron chi connectivity index (χ1n) is 15.2. The second-order valence-corrected chi connectivity index (χ2v) is 12.4. The van der Waals surface area contributed by atoms with Crippen LogP contribution in [0.1, 0.15) is 0 Å². The van der Waals surface area contributed by atoms with Gasteiger partial charge in [0, 0.05) is 42.3 Å². The summed E-state index contributed by atoms with van der Waals surface area (Å²) in [5.41, 5.74) is 10.0. The number of rotatable bonds is 5. The molecule has 2 heterocycles. The molecule has 0 aliphatic heterocycles. The average Bonchev–Trinajstić information content (AvgIpc) is 3.69. The molecule has 9 aromatic rings.